The number of carbonyl (C=O) groups is 2. The van der Waals surface area contributed by atoms with Gasteiger partial charge in [-0.3, -0.25) is 9.59 Å². The maximum atomic E-state index is 12.4. The Bertz CT molecular complexity index is 975. The van der Waals surface area contributed by atoms with Gasteiger partial charge in [0.05, 0.1) is 4.90 Å². The molecule has 1 atom stereocenters. The molecule has 0 unspecified atom stereocenters. The zero-order valence-corrected chi connectivity index (χ0v) is 17.6. The van der Waals surface area contributed by atoms with Crippen LogP contribution in [0.1, 0.15) is 41.2 Å². The third-order valence-electron chi connectivity index (χ3n) is 4.55. The largest absolute Gasteiger partial charge is 0.456 e. The van der Waals surface area contributed by atoms with E-state index >= 15 is 0 Å². The summed E-state index contributed by atoms with van der Waals surface area (Å²) in [6.45, 7) is 9.24. The van der Waals surface area contributed by atoms with Crippen molar-refractivity contribution in [2.75, 3.05) is 6.61 Å². The van der Waals surface area contributed by atoms with Crippen molar-refractivity contribution in [2.24, 2.45) is 0 Å². The number of hydrogen-bond donors (Lipinski definition) is 1. The highest BCUT2D eigenvalue weighted by molar-refractivity contribution is 7.89. The van der Waals surface area contributed by atoms with Crippen molar-refractivity contribution >= 4 is 21.8 Å². The van der Waals surface area contributed by atoms with Crippen LogP contribution in [0.5, 0.6) is 0 Å². The number of aromatic nitrogens is 1. The number of ether oxygens (including phenoxy) is 1. The molecule has 0 bridgehead atoms. The van der Waals surface area contributed by atoms with Crippen LogP contribution in [-0.4, -0.2) is 37.4 Å². The highest BCUT2D eigenvalue weighted by Crippen LogP contribution is 2.16. The summed E-state index contributed by atoms with van der Waals surface area (Å²) in [7, 11) is -3.86. The predicted molar refractivity (Wildman–Crippen MR) is 106 cm³/mol. The summed E-state index contributed by atoms with van der Waals surface area (Å²) in [6, 6.07) is 6.90. The van der Waals surface area contributed by atoms with Gasteiger partial charge in [-0.15, -0.1) is 0 Å². The lowest BCUT2D eigenvalue weighted by Gasteiger charge is -2.14. The number of sulfonamides is 1. The molecule has 0 amide bonds. The van der Waals surface area contributed by atoms with Gasteiger partial charge in [-0.2, -0.15) is 4.72 Å². The Morgan fingerprint density at radius 1 is 1.14 bits per heavy atom. The lowest BCUT2D eigenvalue weighted by molar-refractivity contribution is -0.144. The maximum absolute atomic E-state index is 12.4. The van der Waals surface area contributed by atoms with Crippen molar-refractivity contribution in [2.45, 2.75) is 52.1 Å². The van der Waals surface area contributed by atoms with E-state index in [1.807, 2.05) is 32.3 Å². The summed E-state index contributed by atoms with van der Waals surface area (Å²) < 4.78 is 34.0. The standard InChI is InChI=1S/C20H26N2O5S/c1-6-22-14(3)11-18(16(22)5)19(23)12-27-20(24)15(4)21-28(25,26)17-9-7-13(2)8-10-17/h7-11,15,21H,6,12H2,1-5H3/t15-/m0/s1. The van der Waals surface area contributed by atoms with Gasteiger partial charge in [-0.1, -0.05) is 17.7 Å². The lowest BCUT2D eigenvalue weighted by Crippen LogP contribution is -2.40. The predicted octanol–water partition coefficient (Wildman–Crippen LogP) is 2.53. The van der Waals surface area contributed by atoms with Crippen LogP contribution in [0.3, 0.4) is 0 Å². The first kappa shape index (κ1) is 21.8. The van der Waals surface area contributed by atoms with E-state index in [4.69, 9.17) is 4.74 Å². The molecule has 1 aromatic heterocycles. The summed E-state index contributed by atoms with van der Waals surface area (Å²) >= 11 is 0. The second kappa shape index (κ2) is 8.70. The molecule has 0 saturated heterocycles. The van der Waals surface area contributed by atoms with E-state index in [2.05, 4.69) is 4.72 Å². The van der Waals surface area contributed by atoms with Gasteiger partial charge in [0.1, 0.15) is 6.04 Å². The summed E-state index contributed by atoms with van der Waals surface area (Å²) in [5.74, 6) is -1.14. The first-order valence-electron chi connectivity index (χ1n) is 9.02. The number of esters is 1. The number of ketones is 1. The van der Waals surface area contributed by atoms with Gasteiger partial charge in [0.25, 0.3) is 0 Å². The van der Waals surface area contributed by atoms with Gasteiger partial charge in [-0.25, -0.2) is 8.42 Å². The Morgan fingerprint density at radius 3 is 2.29 bits per heavy atom. The fourth-order valence-corrected chi connectivity index (χ4v) is 4.17. The second-order valence-corrected chi connectivity index (χ2v) is 8.43. The molecular formula is C20H26N2O5S. The van der Waals surface area contributed by atoms with Gasteiger partial charge < -0.3 is 9.30 Å². The quantitative estimate of drug-likeness (QED) is 0.537. The fourth-order valence-electron chi connectivity index (χ4n) is 2.98. The summed E-state index contributed by atoms with van der Waals surface area (Å²) in [4.78, 5) is 24.6. The van der Waals surface area contributed by atoms with Crippen LogP contribution in [0, 0.1) is 20.8 Å². The van der Waals surface area contributed by atoms with E-state index in [1.54, 1.807) is 18.2 Å². The molecular weight excluding hydrogens is 380 g/mol. The summed E-state index contributed by atoms with van der Waals surface area (Å²) in [5, 5.41) is 0. The zero-order valence-electron chi connectivity index (χ0n) is 16.8. The van der Waals surface area contributed by atoms with E-state index in [0.29, 0.717) is 5.56 Å². The van der Waals surface area contributed by atoms with Crippen LogP contribution in [0.2, 0.25) is 0 Å². The minimum atomic E-state index is -3.86. The zero-order chi connectivity index (χ0) is 21.1. The monoisotopic (exact) mass is 406 g/mol. The van der Waals surface area contributed by atoms with Crippen LogP contribution in [0.4, 0.5) is 0 Å². The van der Waals surface area contributed by atoms with Crippen LogP contribution < -0.4 is 4.72 Å². The molecule has 1 N–H and O–H groups in total. The molecule has 1 heterocycles. The molecule has 0 saturated carbocycles. The van der Waals surface area contributed by atoms with Crippen molar-refractivity contribution in [1.82, 2.24) is 9.29 Å². The van der Waals surface area contributed by atoms with E-state index in [0.717, 1.165) is 23.5 Å². The summed E-state index contributed by atoms with van der Waals surface area (Å²) in [6.07, 6.45) is 0. The smallest absolute Gasteiger partial charge is 0.324 e. The van der Waals surface area contributed by atoms with Crippen molar-refractivity contribution in [1.29, 1.82) is 0 Å². The number of nitrogens with one attached hydrogen (secondary N) is 1. The van der Waals surface area contributed by atoms with Gasteiger partial charge in [-0.05, 0) is 52.8 Å². The molecule has 2 rings (SSSR count). The molecule has 0 aliphatic rings. The Labute approximate surface area is 165 Å². The van der Waals surface area contributed by atoms with Crippen LogP contribution in [0.15, 0.2) is 35.2 Å². The molecule has 0 aliphatic carbocycles. The number of aryl methyl sites for hydroxylation is 2. The molecule has 2 aromatic rings. The fraction of sp³-hybridized carbons (Fsp3) is 0.400. The molecule has 7 nitrogen and oxygen atoms in total. The molecule has 152 valence electrons. The van der Waals surface area contributed by atoms with E-state index in [9.17, 15) is 18.0 Å². The number of hydrogen-bond acceptors (Lipinski definition) is 5. The number of rotatable bonds is 8. The lowest BCUT2D eigenvalue weighted by atomic mass is 10.1. The number of carbonyl (C=O) groups excluding carboxylic acids is 2. The SMILES string of the molecule is CCn1c(C)cc(C(=O)COC(=O)[C@H](C)NS(=O)(=O)c2ccc(C)cc2)c1C. The Kier molecular flexibility index (Phi) is 6.79. The van der Waals surface area contributed by atoms with Crippen molar-refractivity contribution in [3.8, 4) is 0 Å². The molecule has 0 aliphatic heterocycles. The molecule has 0 radical (unpaired) electrons. The number of nitrogens with zero attached hydrogens (tertiary/aromatic N) is 1. The second-order valence-electron chi connectivity index (χ2n) is 6.72. The maximum Gasteiger partial charge on any atom is 0.324 e. The Balaban J connectivity index is 1.99. The average molecular weight is 407 g/mol. The van der Waals surface area contributed by atoms with Crippen LogP contribution >= 0.6 is 0 Å². The summed E-state index contributed by atoms with van der Waals surface area (Å²) in [5.41, 5.74) is 3.19. The van der Waals surface area contributed by atoms with E-state index < -0.39 is 28.6 Å². The minimum Gasteiger partial charge on any atom is -0.456 e. The van der Waals surface area contributed by atoms with Gasteiger partial charge in [0.15, 0.2) is 6.61 Å². The third-order valence-corrected chi connectivity index (χ3v) is 6.11. The van der Waals surface area contributed by atoms with E-state index in [-0.39, 0.29) is 10.7 Å². The molecule has 0 spiro atoms. The first-order chi connectivity index (χ1) is 13.1. The molecule has 28 heavy (non-hydrogen) atoms. The van der Waals surface area contributed by atoms with Crippen molar-refractivity contribution < 1.29 is 22.7 Å². The normalized spacial score (nSPS) is 12.6. The van der Waals surface area contributed by atoms with Crippen LogP contribution in [-0.2, 0) is 26.1 Å². The highest BCUT2D eigenvalue weighted by atomic mass is 32.2. The van der Waals surface area contributed by atoms with Crippen molar-refractivity contribution in [3.63, 3.8) is 0 Å². The van der Waals surface area contributed by atoms with Crippen molar-refractivity contribution in [3.05, 3.63) is 52.8 Å². The Hall–Kier alpha value is -2.45. The molecule has 1 aromatic carbocycles. The minimum absolute atomic E-state index is 0.0563. The van der Waals surface area contributed by atoms with Gasteiger partial charge in [0.2, 0.25) is 15.8 Å². The van der Waals surface area contributed by atoms with Crippen LogP contribution in [0.25, 0.3) is 0 Å². The Morgan fingerprint density at radius 2 is 1.75 bits per heavy atom. The third kappa shape index (κ3) is 4.88. The van der Waals surface area contributed by atoms with Gasteiger partial charge in [0, 0.05) is 23.5 Å². The topological polar surface area (TPSA) is 94.5 Å². The number of Topliss-reactive ketones (excluding diaryl/α,β-unsaturated/α-hetero) is 1. The van der Waals surface area contributed by atoms with Gasteiger partial charge >= 0.3 is 5.97 Å². The molecule has 0 fully saturated rings. The highest BCUT2D eigenvalue weighted by Gasteiger charge is 2.24. The number of benzene rings is 1. The first-order valence-corrected chi connectivity index (χ1v) is 10.5. The average Bonchev–Trinajstić information content (AvgIpc) is 2.93. The van der Waals surface area contributed by atoms with E-state index in [1.165, 1.54) is 19.1 Å². The molecule has 8 heteroatoms.